The summed E-state index contributed by atoms with van der Waals surface area (Å²) >= 11 is 2.85. The molecule has 0 aromatic carbocycles. The monoisotopic (exact) mass is 267 g/mol. The van der Waals surface area contributed by atoms with Crippen molar-refractivity contribution in [2.45, 2.75) is 31.3 Å². The van der Waals surface area contributed by atoms with E-state index in [-0.39, 0.29) is 0 Å². The molecule has 0 saturated heterocycles. The van der Waals surface area contributed by atoms with Gasteiger partial charge in [0.25, 0.3) is 0 Å². The fourth-order valence-corrected chi connectivity index (χ4v) is 1.17. The fourth-order valence-electron chi connectivity index (χ4n) is 0.732. The van der Waals surface area contributed by atoms with Crippen molar-refractivity contribution in [3.8, 4) is 0 Å². The van der Waals surface area contributed by atoms with E-state index in [1.807, 2.05) is 0 Å². The lowest BCUT2D eigenvalue weighted by atomic mass is 10.1. The zero-order valence-corrected chi connectivity index (χ0v) is 9.87. The predicted octanol–water partition coefficient (Wildman–Crippen LogP) is 0.709. The lowest BCUT2D eigenvalue weighted by Gasteiger charge is -2.23. The highest BCUT2D eigenvalue weighted by atomic mass is 79.9. The van der Waals surface area contributed by atoms with Crippen molar-refractivity contribution in [1.29, 1.82) is 0 Å². The molecular weight excluding hydrogens is 254 g/mol. The molecular formula is C8H14BrNO4. The number of nitrogens with two attached hydrogens (primary N) is 1. The van der Waals surface area contributed by atoms with Gasteiger partial charge in [-0.2, -0.15) is 0 Å². The van der Waals surface area contributed by atoms with Crippen molar-refractivity contribution >= 4 is 27.9 Å². The third-order valence-corrected chi connectivity index (χ3v) is 1.77. The first kappa shape index (κ1) is 13.4. The van der Waals surface area contributed by atoms with E-state index in [0.29, 0.717) is 0 Å². The Kier molecular flexibility index (Phi) is 4.54. The molecule has 0 amide bonds. The van der Waals surface area contributed by atoms with Crippen LogP contribution in [0, 0.1) is 5.92 Å². The Morgan fingerprint density at radius 2 is 1.86 bits per heavy atom. The number of aliphatic carboxylic acids is 1. The molecule has 0 aliphatic carbocycles. The zero-order chi connectivity index (χ0) is 11.5. The van der Waals surface area contributed by atoms with Gasteiger partial charge in [-0.25, -0.2) is 0 Å². The van der Waals surface area contributed by atoms with Crippen LogP contribution in [-0.2, 0) is 14.3 Å². The van der Waals surface area contributed by atoms with Gasteiger partial charge in [-0.3, -0.25) is 9.59 Å². The number of carboxylic acid groups (broad SMARTS) is 1. The van der Waals surface area contributed by atoms with Gasteiger partial charge in [0.15, 0.2) is 5.92 Å². The summed E-state index contributed by atoms with van der Waals surface area (Å²) in [5.74, 6) is -3.52. The highest BCUT2D eigenvalue weighted by Gasteiger charge is 2.35. The van der Waals surface area contributed by atoms with Crippen LogP contribution in [0.1, 0.15) is 20.8 Å². The maximum absolute atomic E-state index is 11.3. The van der Waals surface area contributed by atoms with Crippen LogP contribution < -0.4 is 5.73 Å². The third kappa shape index (κ3) is 4.57. The first-order valence-electron chi connectivity index (χ1n) is 4.00. The number of hydrogen-bond acceptors (Lipinski definition) is 4. The summed E-state index contributed by atoms with van der Waals surface area (Å²) in [5, 5.41) is 8.70. The summed E-state index contributed by atoms with van der Waals surface area (Å²) in [7, 11) is 0. The predicted molar refractivity (Wildman–Crippen MR) is 53.9 cm³/mol. The number of rotatable bonds is 3. The molecule has 3 N–H and O–H groups in total. The third-order valence-electron chi connectivity index (χ3n) is 1.25. The second-order valence-electron chi connectivity index (χ2n) is 3.79. The first-order chi connectivity index (χ1) is 6.15. The number of halogens is 1. The molecule has 0 aromatic heterocycles. The summed E-state index contributed by atoms with van der Waals surface area (Å²) < 4.78 is 4.89. The number of esters is 1. The van der Waals surface area contributed by atoms with Crippen LogP contribution in [0.25, 0.3) is 0 Å². The van der Waals surface area contributed by atoms with Gasteiger partial charge < -0.3 is 15.6 Å². The van der Waals surface area contributed by atoms with Crippen LogP contribution in [0.2, 0.25) is 0 Å². The smallest absolute Gasteiger partial charge is 0.323 e. The molecule has 0 spiro atoms. The van der Waals surface area contributed by atoms with Gasteiger partial charge in [0, 0.05) is 0 Å². The number of carbonyl (C=O) groups is 2. The largest absolute Gasteiger partial charge is 0.481 e. The van der Waals surface area contributed by atoms with E-state index in [1.54, 1.807) is 20.8 Å². The zero-order valence-electron chi connectivity index (χ0n) is 8.28. The van der Waals surface area contributed by atoms with E-state index < -0.39 is 28.4 Å². The second-order valence-corrected chi connectivity index (χ2v) is 4.85. The minimum atomic E-state index is -1.38. The normalized spacial score (nSPS) is 15.8. The van der Waals surface area contributed by atoms with Gasteiger partial charge in [0.2, 0.25) is 0 Å². The summed E-state index contributed by atoms with van der Waals surface area (Å²) in [6.45, 7) is 4.97. The topological polar surface area (TPSA) is 89.6 Å². The molecule has 0 radical (unpaired) electrons. The van der Waals surface area contributed by atoms with Crippen LogP contribution >= 0.6 is 15.9 Å². The van der Waals surface area contributed by atoms with E-state index in [1.165, 1.54) is 0 Å². The van der Waals surface area contributed by atoms with Gasteiger partial charge in [0.05, 0.1) is 4.95 Å². The van der Waals surface area contributed by atoms with Gasteiger partial charge in [-0.05, 0) is 20.8 Å². The van der Waals surface area contributed by atoms with Gasteiger partial charge in [0.1, 0.15) is 5.60 Å². The van der Waals surface area contributed by atoms with Crippen molar-refractivity contribution in [3.63, 3.8) is 0 Å². The average Bonchev–Trinajstić information content (AvgIpc) is 1.78. The highest BCUT2D eigenvalue weighted by molar-refractivity contribution is 9.09. The molecule has 2 unspecified atom stereocenters. The summed E-state index contributed by atoms with van der Waals surface area (Å²) in [6, 6.07) is 0. The molecule has 0 aromatic rings. The summed E-state index contributed by atoms with van der Waals surface area (Å²) in [6.07, 6.45) is 0. The van der Waals surface area contributed by atoms with E-state index in [9.17, 15) is 9.59 Å². The second kappa shape index (κ2) is 4.75. The fraction of sp³-hybridized carbons (Fsp3) is 0.750. The molecule has 82 valence electrons. The van der Waals surface area contributed by atoms with Gasteiger partial charge in [-0.15, -0.1) is 0 Å². The summed E-state index contributed by atoms with van der Waals surface area (Å²) in [4.78, 5) is 21.0. The Morgan fingerprint density at radius 3 is 2.07 bits per heavy atom. The Morgan fingerprint density at radius 1 is 1.43 bits per heavy atom. The van der Waals surface area contributed by atoms with E-state index >= 15 is 0 Å². The van der Waals surface area contributed by atoms with Gasteiger partial charge in [-0.1, -0.05) is 15.9 Å². The lowest BCUT2D eigenvalue weighted by molar-refractivity contribution is -0.166. The molecule has 0 fully saturated rings. The average molecular weight is 268 g/mol. The number of alkyl halides is 1. The van der Waals surface area contributed by atoms with Crippen molar-refractivity contribution in [3.05, 3.63) is 0 Å². The standard InChI is InChI=1S/C8H14BrNO4/c1-8(2,3)14-7(13)4(5(9)10)6(11)12/h4-5H,10H2,1-3H3,(H,11,12). The Balaban J connectivity index is 4.55. The highest BCUT2D eigenvalue weighted by Crippen LogP contribution is 2.15. The van der Waals surface area contributed by atoms with Crippen LogP contribution in [0.5, 0.6) is 0 Å². The number of carbonyl (C=O) groups excluding carboxylic acids is 1. The minimum absolute atomic E-state index is 0.716. The number of ether oxygens (including phenoxy) is 1. The molecule has 0 saturated carbocycles. The Labute approximate surface area is 90.7 Å². The molecule has 6 heteroatoms. The molecule has 2 atom stereocenters. The first-order valence-corrected chi connectivity index (χ1v) is 4.92. The van der Waals surface area contributed by atoms with E-state index in [2.05, 4.69) is 15.9 Å². The summed E-state index contributed by atoms with van der Waals surface area (Å²) in [5.41, 5.74) is 4.58. The maximum atomic E-state index is 11.3. The maximum Gasteiger partial charge on any atom is 0.323 e. The molecule has 0 heterocycles. The molecule has 0 rings (SSSR count). The van der Waals surface area contributed by atoms with Crippen LogP contribution in [0.15, 0.2) is 0 Å². The number of hydrogen-bond donors (Lipinski definition) is 2. The van der Waals surface area contributed by atoms with Crippen LogP contribution in [0.4, 0.5) is 0 Å². The van der Waals surface area contributed by atoms with E-state index in [4.69, 9.17) is 15.6 Å². The molecule has 0 aliphatic heterocycles. The van der Waals surface area contributed by atoms with Crippen molar-refractivity contribution in [2.24, 2.45) is 11.7 Å². The Hall–Kier alpha value is -0.620. The van der Waals surface area contributed by atoms with Crippen LogP contribution in [0.3, 0.4) is 0 Å². The van der Waals surface area contributed by atoms with Gasteiger partial charge >= 0.3 is 11.9 Å². The quantitative estimate of drug-likeness (QED) is 0.340. The molecule has 5 nitrogen and oxygen atoms in total. The molecule has 0 bridgehead atoms. The lowest BCUT2D eigenvalue weighted by Crippen LogP contribution is -2.40. The van der Waals surface area contributed by atoms with E-state index in [0.717, 1.165) is 0 Å². The molecule has 14 heavy (non-hydrogen) atoms. The Bertz CT molecular complexity index is 234. The number of carboxylic acids is 1. The van der Waals surface area contributed by atoms with Crippen molar-refractivity contribution in [2.75, 3.05) is 0 Å². The van der Waals surface area contributed by atoms with Crippen LogP contribution in [-0.4, -0.2) is 27.6 Å². The van der Waals surface area contributed by atoms with Crippen molar-refractivity contribution in [1.82, 2.24) is 0 Å². The SMILES string of the molecule is CC(C)(C)OC(=O)C(C(=O)O)C(N)Br. The molecule has 0 aliphatic rings. The van der Waals surface area contributed by atoms with Crippen molar-refractivity contribution < 1.29 is 19.4 Å². The minimum Gasteiger partial charge on any atom is -0.481 e.